The molecule has 2 aromatic rings. The number of nitrogens with zero attached hydrogens (tertiary/aromatic N) is 3. The number of hydrogen-bond acceptors (Lipinski definition) is 5. The van der Waals surface area contributed by atoms with Crippen LogP contribution in [0.15, 0.2) is 18.3 Å². The first-order valence-electron chi connectivity index (χ1n) is 9.74. The van der Waals surface area contributed by atoms with Crippen molar-refractivity contribution in [2.75, 3.05) is 7.11 Å². The van der Waals surface area contributed by atoms with E-state index in [4.69, 9.17) is 4.74 Å². The van der Waals surface area contributed by atoms with E-state index in [0.29, 0.717) is 18.8 Å². The normalized spacial score (nSPS) is 11.2. The largest absolute Gasteiger partial charge is 0.464 e. The fraction of sp³-hybridized carbons (Fsp3) is 0.571. The zero-order valence-electron chi connectivity index (χ0n) is 17.2. The Balaban J connectivity index is 2.00. The lowest BCUT2D eigenvalue weighted by Crippen LogP contribution is -2.19. The van der Waals surface area contributed by atoms with Crippen LogP contribution in [0.5, 0.6) is 0 Å². The van der Waals surface area contributed by atoms with Crippen LogP contribution in [0.3, 0.4) is 0 Å². The van der Waals surface area contributed by atoms with E-state index >= 15 is 0 Å². The van der Waals surface area contributed by atoms with Gasteiger partial charge in [-0.3, -0.25) is 0 Å². The van der Waals surface area contributed by atoms with Crippen molar-refractivity contribution in [3.05, 3.63) is 46.8 Å². The number of nitrogens with one attached hydrogen (secondary N) is 1. The quantitative estimate of drug-likeness (QED) is 0.645. The van der Waals surface area contributed by atoms with Crippen LogP contribution in [-0.2, 0) is 30.8 Å². The summed E-state index contributed by atoms with van der Waals surface area (Å²) in [4.78, 5) is 20.7. The highest BCUT2D eigenvalue weighted by Crippen LogP contribution is 2.12. The molecule has 27 heavy (non-hydrogen) atoms. The minimum absolute atomic E-state index is 0.345. The molecule has 2 heterocycles. The maximum atomic E-state index is 11.7. The van der Waals surface area contributed by atoms with Gasteiger partial charge in [0.2, 0.25) is 0 Å². The molecule has 2 aromatic heterocycles. The van der Waals surface area contributed by atoms with E-state index < -0.39 is 5.97 Å². The summed E-state index contributed by atoms with van der Waals surface area (Å²) in [6.07, 6.45) is 5.34. The third-order valence-corrected chi connectivity index (χ3v) is 4.55. The van der Waals surface area contributed by atoms with Crippen molar-refractivity contribution in [3.63, 3.8) is 0 Å². The summed E-state index contributed by atoms with van der Waals surface area (Å²) in [5.74, 6) is 1.36. The van der Waals surface area contributed by atoms with Crippen LogP contribution in [0.1, 0.15) is 66.9 Å². The van der Waals surface area contributed by atoms with Crippen LogP contribution in [0.4, 0.5) is 0 Å². The fourth-order valence-corrected chi connectivity index (χ4v) is 3.15. The molecule has 148 valence electrons. The molecule has 0 spiro atoms. The van der Waals surface area contributed by atoms with E-state index in [1.807, 2.05) is 19.2 Å². The summed E-state index contributed by atoms with van der Waals surface area (Å²) in [5, 5.41) is 3.41. The SMILES string of the molecule is CCc1cnc(CNCc2cc(C)cc(C(=O)OC)n2)n1CCCC(C)C. The van der Waals surface area contributed by atoms with E-state index in [1.54, 1.807) is 6.07 Å². The van der Waals surface area contributed by atoms with Crippen molar-refractivity contribution in [1.29, 1.82) is 0 Å². The van der Waals surface area contributed by atoms with Crippen molar-refractivity contribution >= 4 is 5.97 Å². The van der Waals surface area contributed by atoms with Gasteiger partial charge in [0.15, 0.2) is 0 Å². The molecule has 6 heteroatoms. The molecule has 0 aliphatic rings. The van der Waals surface area contributed by atoms with Crippen molar-refractivity contribution in [2.24, 2.45) is 5.92 Å². The van der Waals surface area contributed by atoms with Crippen LogP contribution in [-0.4, -0.2) is 27.6 Å². The van der Waals surface area contributed by atoms with Crippen LogP contribution in [0.25, 0.3) is 0 Å². The highest BCUT2D eigenvalue weighted by Gasteiger charge is 2.11. The predicted octanol–water partition coefficient (Wildman–Crippen LogP) is 3.66. The molecule has 0 aliphatic carbocycles. The summed E-state index contributed by atoms with van der Waals surface area (Å²) in [6, 6.07) is 3.72. The zero-order valence-corrected chi connectivity index (χ0v) is 17.2. The van der Waals surface area contributed by atoms with Crippen LogP contribution < -0.4 is 5.32 Å². The van der Waals surface area contributed by atoms with E-state index in [-0.39, 0.29) is 0 Å². The number of rotatable bonds is 10. The number of aromatic nitrogens is 3. The van der Waals surface area contributed by atoms with E-state index in [2.05, 4.69) is 40.6 Å². The Kier molecular flexibility index (Phi) is 7.98. The van der Waals surface area contributed by atoms with Crippen LogP contribution >= 0.6 is 0 Å². The van der Waals surface area contributed by atoms with Gasteiger partial charge in [-0.2, -0.15) is 0 Å². The Labute approximate surface area is 162 Å². The number of imidazole rings is 1. The molecule has 0 amide bonds. The van der Waals surface area contributed by atoms with Crippen molar-refractivity contribution in [2.45, 2.75) is 66.6 Å². The average Bonchev–Trinajstić information content (AvgIpc) is 3.02. The number of pyridine rings is 1. The molecule has 1 N–H and O–H groups in total. The summed E-state index contributed by atoms with van der Waals surface area (Å²) in [7, 11) is 1.37. The third-order valence-electron chi connectivity index (χ3n) is 4.55. The lowest BCUT2D eigenvalue weighted by Gasteiger charge is -2.13. The minimum atomic E-state index is -0.409. The van der Waals surface area contributed by atoms with Gasteiger partial charge in [-0.15, -0.1) is 0 Å². The first-order chi connectivity index (χ1) is 12.9. The number of ether oxygens (including phenoxy) is 1. The summed E-state index contributed by atoms with van der Waals surface area (Å²) in [6.45, 7) is 10.9. The molecule has 0 unspecified atom stereocenters. The second kappa shape index (κ2) is 10.2. The van der Waals surface area contributed by atoms with Gasteiger partial charge in [0, 0.05) is 25.0 Å². The molecule has 0 atom stereocenters. The predicted molar refractivity (Wildman–Crippen MR) is 107 cm³/mol. The molecule has 6 nitrogen and oxygen atoms in total. The van der Waals surface area contributed by atoms with Crippen molar-refractivity contribution < 1.29 is 9.53 Å². The maximum absolute atomic E-state index is 11.7. The second-order valence-corrected chi connectivity index (χ2v) is 7.32. The molecule has 0 aliphatic heterocycles. The Morgan fingerprint density at radius 1 is 1.30 bits per heavy atom. The van der Waals surface area contributed by atoms with E-state index in [1.165, 1.54) is 19.2 Å². The molecule has 0 saturated heterocycles. The third kappa shape index (κ3) is 6.17. The van der Waals surface area contributed by atoms with Crippen molar-refractivity contribution in [1.82, 2.24) is 19.9 Å². The summed E-state index contributed by atoms with van der Waals surface area (Å²) < 4.78 is 7.10. The van der Waals surface area contributed by atoms with Gasteiger partial charge in [-0.05, 0) is 49.8 Å². The molecular weight excluding hydrogens is 340 g/mol. The smallest absolute Gasteiger partial charge is 0.356 e. The van der Waals surface area contributed by atoms with Crippen LogP contribution in [0, 0.1) is 12.8 Å². The van der Waals surface area contributed by atoms with Crippen molar-refractivity contribution in [3.8, 4) is 0 Å². The fourth-order valence-electron chi connectivity index (χ4n) is 3.15. The number of carbonyl (C=O) groups excluding carboxylic acids is 1. The number of methoxy groups -OCH3 is 1. The lowest BCUT2D eigenvalue weighted by atomic mass is 10.1. The Morgan fingerprint density at radius 3 is 2.74 bits per heavy atom. The molecule has 0 aromatic carbocycles. The standard InChI is InChI=1S/C21H32N4O2/c1-6-18-13-23-20(25(18)9-7-8-15(2)3)14-22-12-17-10-16(4)11-19(24-17)21(26)27-5/h10-11,13,15,22H,6-9,12,14H2,1-5H3. The summed E-state index contributed by atoms with van der Waals surface area (Å²) >= 11 is 0. The monoisotopic (exact) mass is 372 g/mol. The lowest BCUT2D eigenvalue weighted by molar-refractivity contribution is 0.0593. The highest BCUT2D eigenvalue weighted by atomic mass is 16.5. The minimum Gasteiger partial charge on any atom is -0.464 e. The van der Waals surface area contributed by atoms with E-state index in [9.17, 15) is 4.79 Å². The summed E-state index contributed by atoms with van der Waals surface area (Å²) in [5.41, 5.74) is 3.43. The van der Waals surface area contributed by atoms with Gasteiger partial charge in [0.1, 0.15) is 11.5 Å². The second-order valence-electron chi connectivity index (χ2n) is 7.32. The number of esters is 1. The molecular formula is C21H32N4O2. The number of aryl methyl sites for hydroxylation is 2. The Hall–Kier alpha value is -2.21. The number of carbonyl (C=O) groups is 1. The number of hydrogen-bond donors (Lipinski definition) is 1. The van der Waals surface area contributed by atoms with Gasteiger partial charge in [0.05, 0.1) is 19.3 Å². The Morgan fingerprint density at radius 2 is 2.07 bits per heavy atom. The van der Waals surface area contributed by atoms with Gasteiger partial charge < -0.3 is 14.6 Å². The Bertz CT molecular complexity index is 753. The first kappa shape index (κ1) is 21.1. The molecule has 0 bridgehead atoms. The molecule has 2 rings (SSSR count). The van der Waals surface area contributed by atoms with E-state index in [0.717, 1.165) is 42.4 Å². The van der Waals surface area contributed by atoms with Crippen LogP contribution in [0.2, 0.25) is 0 Å². The zero-order chi connectivity index (χ0) is 19.8. The maximum Gasteiger partial charge on any atom is 0.356 e. The van der Waals surface area contributed by atoms with Gasteiger partial charge >= 0.3 is 5.97 Å². The molecule has 0 radical (unpaired) electrons. The highest BCUT2D eigenvalue weighted by molar-refractivity contribution is 5.87. The van der Waals surface area contributed by atoms with Gasteiger partial charge in [-0.25, -0.2) is 14.8 Å². The van der Waals surface area contributed by atoms with Gasteiger partial charge in [0.25, 0.3) is 0 Å². The molecule has 0 saturated carbocycles. The topological polar surface area (TPSA) is 69.0 Å². The first-order valence-corrected chi connectivity index (χ1v) is 9.74. The molecule has 0 fully saturated rings. The average molecular weight is 373 g/mol. The van der Waals surface area contributed by atoms with Gasteiger partial charge in [-0.1, -0.05) is 20.8 Å².